The van der Waals surface area contributed by atoms with Crippen molar-refractivity contribution in [3.05, 3.63) is 320 Å². The second-order valence-electron chi connectivity index (χ2n) is 26.0. The fraction of sp³-hybridized carbons (Fsp3) is 0.129. The van der Waals surface area contributed by atoms with Gasteiger partial charge in [0, 0.05) is 72.4 Å². The number of hydrogen-bond donors (Lipinski definition) is 0. The maximum absolute atomic E-state index is 7.57. The molecule has 8 heteroatoms. The monoisotopic (exact) mass is 1210 g/mol. The highest BCUT2D eigenvalue weighted by Crippen LogP contribution is 2.54. The first-order valence-corrected chi connectivity index (χ1v) is 34.2. The Morgan fingerprint density at radius 1 is 0.495 bits per heavy atom. The largest absolute Gasteiger partial charge is 0.463 e. The van der Waals surface area contributed by atoms with Gasteiger partial charge in [-0.25, -0.2) is 0 Å². The smallest absolute Gasteiger partial charge is 0.249 e. The molecule has 0 amide bonds. The fourth-order valence-corrected chi connectivity index (χ4v) is 17.9. The standard InChI is InChI=1S/C85H68B2N4OS/c1-57-27-26-41-69(61-32-12-4-13-33-61)85(57)91-76-56-81-73(86-70-42-21-24-45-75(70)90(64-38-18-7-19-39-64)78-52-67(54-82(93-81)84(78)86)88(62-34-14-5-15-35-62)63-36-16-6-17-37-63)55-72(76)87-71-43-22-25-46-79(71)92-80-53-66(51-77(91)83(80)87)89(65-49-47-59(48-50-65)58-28-8-2-9-29-58)74-44-23-20-40-68(74)60-30-10-3-11-31-60/h2,4-9,12-29,32-38,40-56,60,64,77,83H,3,10-11,30-31,39H2,1H3. The number of ether oxygens (including phenoxy) is 1. The van der Waals surface area contributed by atoms with Crippen LogP contribution in [-0.2, 0) is 0 Å². The van der Waals surface area contributed by atoms with Gasteiger partial charge in [-0.2, -0.15) is 0 Å². The molecule has 0 bridgehead atoms. The minimum absolute atomic E-state index is 0.0362. The molecule has 0 aromatic heterocycles. The minimum Gasteiger partial charge on any atom is -0.463 e. The summed E-state index contributed by atoms with van der Waals surface area (Å²) in [6, 6.07) is 97.7. The van der Waals surface area contributed by atoms with Crippen molar-refractivity contribution < 1.29 is 4.74 Å². The second kappa shape index (κ2) is 23.2. The Kier molecular flexibility index (Phi) is 13.9. The molecule has 3 atom stereocenters. The Morgan fingerprint density at radius 2 is 1.16 bits per heavy atom. The lowest BCUT2D eigenvalue weighted by Gasteiger charge is -2.51. The van der Waals surface area contributed by atoms with Crippen LogP contribution in [0.2, 0.25) is 5.82 Å². The van der Waals surface area contributed by atoms with E-state index < -0.39 is 0 Å². The lowest BCUT2D eigenvalue weighted by molar-refractivity contribution is 0.385. The van der Waals surface area contributed by atoms with E-state index in [1.807, 2.05) is 11.8 Å². The summed E-state index contributed by atoms with van der Waals surface area (Å²) < 4.78 is 7.57. The molecule has 4 heterocycles. The lowest BCUT2D eigenvalue weighted by atomic mass is 9.28. The third kappa shape index (κ3) is 9.46. The predicted octanol–water partition coefficient (Wildman–Crippen LogP) is 18.7. The molecular formula is C85H68B2N4OS. The van der Waals surface area contributed by atoms with E-state index in [4.69, 9.17) is 4.74 Å². The molecule has 446 valence electrons. The van der Waals surface area contributed by atoms with Crippen LogP contribution < -0.4 is 51.7 Å². The van der Waals surface area contributed by atoms with Gasteiger partial charge in [0.2, 0.25) is 13.4 Å². The van der Waals surface area contributed by atoms with Crippen LogP contribution in [0.3, 0.4) is 0 Å². The van der Waals surface area contributed by atoms with Crippen LogP contribution in [0.5, 0.6) is 5.75 Å². The molecule has 18 rings (SSSR count). The average molecular weight is 1220 g/mol. The maximum atomic E-state index is 7.57. The van der Waals surface area contributed by atoms with Crippen molar-refractivity contribution in [3.8, 4) is 28.0 Å². The van der Waals surface area contributed by atoms with Crippen molar-refractivity contribution in [2.24, 2.45) is 0 Å². The highest BCUT2D eigenvalue weighted by Gasteiger charge is 2.54. The van der Waals surface area contributed by atoms with Crippen LogP contribution in [0.15, 0.2) is 319 Å². The van der Waals surface area contributed by atoms with Crippen molar-refractivity contribution >= 4 is 104 Å². The Labute approximate surface area is 551 Å². The molecule has 0 saturated heterocycles. The molecule has 0 N–H and O–H groups in total. The van der Waals surface area contributed by atoms with Crippen LogP contribution in [0.1, 0.15) is 55.6 Å². The van der Waals surface area contributed by atoms with E-state index in [2.05, 4.69) is 324 Å². The molecule has 0 spiro atoms. The van der Waals surface area contributed by atoms with E-state index in [0.717, 1.165) is 46.4 Å². The zero-order chi connectivity index (χ0) is 61.5. The van der Waals surface area contributed by atoms with Gasteiger partial charge in [0.15, 0.2) is 0 Å². The summed E-state index contributed by atoms with van der Waals surface area (Å²) in [4.78, 5) is 13.0. The van der Waals surface area contributed by atoms with Gasteiger partial charge in [-0.1, -0.05) is 254 Å². The van der Waals surface area contributed by atoms with Gasteiger partial charge in [-0.15, -0.1) is 0 Å². The van der Waals surface area contributed by atoms with Crippen molar-refractivity contribution in [1.29, 1.82) is 0 Å². The fourth-order valence-electron chi connectivity index (χ4n) is 16.7. The molecule has 5 nitrogen and oxygen atoms in total. The molecular weight excluding hydrogens is 1150 g/mol. The van der Waals surface area contributed by atoms with Gasteiger partial charge in [0.05, 0.1) is 17.8 Å². The summed E-state index contributed by atoms with van der Waals surface area (Å²) in [5.74, 6) is 2.30. The SMILES string of the molecule is Cc1cccc(-c2ccccc2)c1N1c2cc3c(cc2B2c4ccccc4OC4=CC(N(c5ccc(-c6ccccc6)cc5)c5ccccc5C5CCCCC5)=CC1C24)B1c2ccccc2N(C2C=CC=CC2)c2cc(N(c4ccccc4)c4ccccc4)cc(c21)S3. The Hall–Kier alpha value is -10.1. The number of rotatable bonds is 11. The summed E-state index contributed by atoms with van der Waals surface area (Å²) in [6.45, 7) is 2.25. The van der Waals surface area contributed by atoms with E-state index in [1.165, 1.54) is 131 Å². The van der Waals surface area contributed by atoms with Gasteiger partial charge < -0.3 is 24.3 Å². The van der Waals surface area contributed by atoms with Crippen molar-refractivity contribution in [2.75, 3.05) is 19.6 Å². The number of anilines is 9. The van der Waals surface area contributed by atoms with Gasteiger partial charge >= 0.3 is 0 Å². The van der Waals surface area contributed by atoms with E-state index in [-0.39, 0.29) is 31.3 Å². The molecule has 11 aromatic carbocycles. The molecule has 11 aromatic rings. The maximum Gasteiger partial charge on any atom is 0.249 e. The summed E-state index contributed by atoms with van der Waals surface area (Å²) in [5.41, 5.74) is 25.9. The molecule has 1 saturated carbocycles. The molecule has 4 aliphatic heterocycles. The Morgan fingerprint density at radius 3 is 1.91 bits per heavy atom. The van der Waals surface area contributed by atoms with Gasteiger partial charge in [-0.3, -0.25) is 0 Å². The first-order valence-electron chi connectivity index (χ1n) is 33.4. The van der Waals surface area contributed by atoms with E-state index in [0.29, 0.717) is 5.92 Å². The first kappa shape index (κ1) is 55.7. The van der Waals surface area contributed by atoms with Crippen molar-refractivity contribution in [2.45, 2.75) is 79.1 Å². The van der Waals surface area contributed by atoms with E-state index >= 15 is 0 Å². The number of para-hydroxylation sites is 6. The van der Waals surface area contributed by atoms with Gasteiger partial charge in [0.1, 0.15) is 11.5 Å². The normalized spacial score (nSPS) is 18.0. The Bertz CT molecular complexity index is 4790. The zero-order valence-electron chi connectivity index (χ0n) is 52.1. The number of allylic oxidation sites excluding steroid dienone is 3. The second-order valence-corrected chi connectivity index (χ2v) is 27.1. The van der Waals surface area contributed by atoms with Gasteiger partial charge in [0.25, 0.3) is 0 Å². The summed E-state index contributed by atoms with van der Waals surface area (Å²) in [7, 11) is 0. The molecule has 7 aliphatic rings. The number of aryl methyl sites for hydroxylation is 1. The van der Waals surface area contributed by atoms with Crippen LogP contribution in [0, 0.1) is 6.92 Å². The number of benzene rings is 11. The molecule has 3 aliphatic carbocycles. The minimum atomic E-state index is -0.189. The van der Waals surface area contributed by atoms with Crippen LogP contribution in [0.4, 0.5) is 51.2 Å². The average Bonchev–Trinajstić information content (AvgIpc) is 0.697. The summed E-state index contributed by atoms with van der Waals surface area (Å²) in [5, 5.41) is 0. The zero-order valence-corrected chi connectivity index (χ0v) is 52.9. The molecule has 93 heavy (non-hydrogen) atoms. The third-order valence-corrected chi connectivity index (χ3v) is 21.9. The molecule has 0 radical (unpaired) electrons. The highest BCUT2D eigenvalue weighted by atomic mass is 32.2. The number of hydrogen-bond acceptors (Lipinski definition) is 6. The van der Waals surface area contributed by atoms with Crippen molar-refractivity contribution in [3.63, 3.8) is 0 Å². The number of nitrogens with zero attached hydrogens (tertiary/aromatic N) is 4. The summed E-state index contributed by atoms with van der Waals surface area (Å²) >= 11 is 1.95. The van der Waals surface area contributed by atoms with E-state index in [9.17, 15) is 0 Å². The van der Waals surface area contributed by atoms with Crippen LogP contribution in [-0.4, -0.2) is 25.5 Å². The molecule has 3 unspecified atom stereocenters. The first-order chi connectivity index (χ1) is 46.1. The van der Waals surface area contributed by atoms with Crippen LogP contribution in [0.25, 0.3) is 22.3 Å². The highest BCUT2D eigenvalue weighted by molar-refractivity contribution is 8.00. The Balaban J connectivity index is 0.894. The van der Waals surface area contributed by atoms with Gasteiger partial charge in [-0.05, 0) is 161 Å². The van der Waals surface area contributed by atoms with Crippen molar-refractivity contribution in [1.82, 2.24) is 0 Å². The topological polar surface area (TPSA) is 22.2 Å². The quantitative estimate of drug-likeness (QED) is 0.120. The van der Waals surface area contributed by atoms with E-state index in [1.54, 1.807) is 0 Å². The lowest BCUT2D eigenvalue weighted by Crippen LogP contribution is -2.65. The summed E-state index contributed by atoms with van der Waals surface area (Å²) in [6.07, 6.45) is 21.3. The van der Waals surface area contributed by atoms with Crippen LogP contribution >= 0.6 is 11.8 Å². The predicted molar refractivity (Wildman–Crippen MR) is 392 cm³/mol. The third-order valence-electron chi connectivity index (χ3n) is 20.8. The number of fused-ring (bicyclic) bond motifs is 8. The molecule has 1 fully saturated rings.